The maximum absolute atomic E-state index is 12.2. The minimum Gasteiger partial charge on any atom is -0.473 e. The molecule has 0 saturated carbocycles. The van der Waals surface area contributed by atoms with Crippen molar-refractivity contribution in [3.8, 4) is 5.75 Å². The number of nitrogens with one attached hydrogen (secondary N) is 1. The maximum atomic E-state index is 12.2. The zero-order chi connectivity index (χ0) is 12.8. The van der Waals surface area contributed by atoms with E-state index in [2.05, 4.69) is 10.2 Å². The van der Waals surface area contributed by atoms with Gasteiger partial charge >= 0.3 is 0 Å². The van der Waals surface area contributed by atoms with Crippen molar-refractivity contribution in [1.82, 2.24) is 5.32 Å². The van der Waals surface area contributed by atoms with Gasteiger partial charge in [-0.2, -0.15) is 0 Å². The lowest BCUT2D eigenvalue weighted by Crippen LogP contribution is -2.50. The van der Waals surface area contributed by atoms with E-state index >= 15 is 0 Å². The molecule has 0 bridgehead atoms. The molecule has 0 saturated heterocycles. The van der Waals surface area contributed by atoms with E-state index in [9.17, 15) is 4.79 Å². The summed E-state index contributed by atoms with van der Waals surface area (Å²) >= 11 is 0. The highest BCUT2D eigenvalue weighted by atomic mass is 16.5. The molecule has 0 radical (unpaired) electrons. The molecule has 94 valence electrons. The Kier molecular flexibility index (Phi) is 2.06. The predicted octanol–water partition coefficient (Wildman–Crippen LogP) is 2.29. The summed E-state index contributed by atoms with van der Waals surface area (Å²) in [5, 5.41) is 3.04. The molecule has 0 aliphatic carbocycles. The molecule has 1 N–H and O–H groups in total. The van der Waals surface area contributed by atoms with Crippen molar-refractivity contribution in [2.24, 2.45) is 0 Å². The first-order chi connectivity index (χ1) is 9.34. The molecule has 1 amide bonds. The third-order valence-electron chi connectivity index (χ3n) is 3.61. The van der Waals surface area contributed by atoms with Crippen LogP contribution < -0.4 is 15.0 Å². The van der Waals surface area contributed by atoms with E-state index in [0.29, 0.717) is 12.3 Å². The summed E-state index contributed by atoms with van der Waals surface area (Å²) in [4.78, 5) is 14.2. The molecule has 2 aromatic rings. The number of nitrogens with zero attached hydrogens (tertiary/aromatic N) is 1. The van der Waals surface area contributed by atoms with Crippen molar-refractivity contribution in [3.05, 3.63) is 59.7 Å². The van der Waals surface area contributed by atoms with Gasteiger partial charge in [0.05, 0.1) is 11.3 Å². The second kappa shape index (κ2) is 3.75. The first-order valence-corrected chi connectivity index (χ1v) is 6.23. The summed E-state index contributed by atoms with van der Waals surface area (Å²) in [5.41, 5.74) is 2.61. The molecular weight excluding hydrogens is 240 g/mol. The van der Waals surface area contributed by atoms with Crippen molar-refractivity contribution >= 4 is 11.6 Å². The van der Waals surface area contributed by atoms with Crippen LogP contribution in [0.1, 0.15) is 22.1 Å². The summed E-state index contributed by atoms with van der Waals surface area (Å²) in [5.74, 6) is 0.803. The molecular formula is C15H12N2O2. The number of ether oxygens (including phenoxy) is 1. The van der Waals surface area contributed by atoms with Gasteiger partial charge in [0.25, 0.3) is 5.91 Å². The number of carbonyl (C=O) groups is 1. The lowest BCUT2D eigenvalue weighted by molar-refractivity contribution is 0.0912. The number of hydrogen-bond donors (Lipinski definition) is 1. The monoisotopic (exact) mass is 252 g/mol. The molecule has 2 aliphatic heterocycles. The SMILES string of the molecule is O=C1NC2c3ccccc3OCN2c2ccccc21. The smallest absolute Gasteiger partial charge is 0.255 e. The number of carbonyl (C=O) groups excluding carboxylic acids is 1. The quantitative estimate of drug-likeness (QED) is 0.782. The van der Waals surface area contributed by atoms with Crippen LogP contribution in [0.25, 0.3) is 0 Å². The van der Waals surface area contributed by atoms with Crippen molar-refractivity contribution in [2.45, 2.75) is 6.17 Å². The molecule has 0 fully saturated rings. The van der Waals surface area contributed by atoms with Crippen LogP contribution in [0.2, 0.25) is 0 Å². The summed E-state index contributed by atoms with van der Waals surface area (Å²) in [6.45, 7) is 0.443. The average Bonchev–Trinajstić information content (AvgIpc) is 2.47. The van der Waals surface area contributed by atoms with Crippen LogP contribution >= 0.6 is 0 Å². The van der Waals surface area contributed by atoms with Gasteiger partial charge in [-0.3, -0.25) is 4.79 Å². The Morgan fingerprint density at radius 3 is 2.84 bits per heavy atom. The van der Waals surface area contributed by atoms with Gasteiger partial charge in [0.2, 0.25) is 0 Å². The van der Waals surface area contributed by atoms with Crippen LogP contribution in [0.3, 0.4) is 0 Å². The minimum absolute atomic E-state index is 0.0337. The Bertz CT molecular complexity index is 669. The Labute approximate surface area is 110 Å². The van der Waals surface area contributed by atoms with Gasteiger partial charge in [0.15, 0.2) is 6.73 Å². The number of rotatable bonds is 0. The summed E-state index contributed by atoms with van der Waals surface area (Å²) in [7, 11) is 0. The van der Waals surface area contributed by atoms with Crippen molar-refractivity contribution in [2.75, 3.05) is 11.6 Å². The average molecular weight is 252 g/mol. The molecule has 1 atom stereocenters. The fourth-order valence-electron chi connectivity index (χ4n) is 2.70. The molecule has 2 aliphatic rings. The Morgan fingerprint density at radius 2 is 1.89 bits per heavy atom. The van der Waals surface area contributed by atoms with Crippen LogP contribution in [0, 0.1) is 0 Å². The fraction of sp³-hybridized carbons (Fsp3) is 0.133. The third kappa shape index (κ3) is 1.43. The van der Waals surface area contributed by atoms with E-state index in [1.54, 1.807) is 0 Å². The number of amides is 1. The highest BCUT2D eigenvalue weighted by Crippen LogP contribution is 2.39. The first kappa shape index (κ1) is 10.4. The third-order valence-corrected chi connectivity index (χ3v) is 3.61. The highest BCUT2D eigenvalue weighted by molar-refractivity contribution is 6.02. The van der Waals surface area contributed by atoms with E-state index in [1.165, 1.54) is 0 Å². The van der Waals surface area contributed by atoms with E-state index < -0.39 is 0 Å². The van der Waals surface area contributed by atoms with Gasteiger partial charge in [-0.15, -0.1) is 0 Å². The van der Waals surface area contributed by atoms with Gasteiger partial charge < -0.3 is 15.0 Å². The molecule has 4 rings (SSSR count). The molecule has 2 heterocycles. The molecule has 0 aromatic heterocycles. The fourth-order valence-corrected chi connectivity index (χ4v) is 2.70. The molecule has 1 unspecified atom stereocenters. The maximum Gasteiger partial charge on any atom is 0.255 e. The van der Waals surface area contributed by atoms with Crippen LogP contribution in [0.5, 0.6) is 5.75 Å². The Balaban J connectivity index is 1.88. The molecule has 2 aromatic carbocycles. The van der Waals surface area contributed by atoms with Crippen LogP contribution in [0.15, 0.2) is 48.5 Å². The van der Waals surface area contributed by atoms with E-state index in [0.717, 1.165) is 17.0 Å². The van der Waals surface area contributed by atoms with Crippen LogP contribution in [-0.4, -0.2) is 12.6 Å². The Morgan fingerprint density at radius 1 is 1.11 bits per heavy atom. The van der Waals surface area contributed by atoms with E-state index in [4.69, 9.17) is 4.74 Å². The van der Waals surface area contributed by atoms with Gasteiger partial charge in [0, 0.05) is 5.56 Å². The summed E-state index contributed by atoms with van der Waals surface area (Å²) in [6, 6.07) is 15.4. The van der Waals surface area contributed by atoms with Crippen molar-refractivity contribution in [3.63, 3.8) is 0 Å². The summed E-state index contributed by atoms with van der Waals surface area (Å²) in [6.07, 6.45) is -0.146. The summed E-state index contributed by atoms with van der Waals surface area (Å²) < 4.78 is 5.76. The normalized spacial score (nSPS) is 19.7. The number of hydrogen-bond acceptors (Lipinski definition) is 3. The highest BCUT2D eigenvalue weighted by Gasteiger charge is 2.35. The van der Waals surface area contributed by atoms with Crippen molar-refractivity contribution in [1.29, 1.82) is 0 Å². The number of anilines is 1. The number of para-hydroxylation sites is 2. The first-order valence-electron chi connectivity index (χ1n) is 6.23. The van der Waals surface area contributed by atoms with Crippen LogP contribution in [0.4, 0.5) is 5.69 Å². The standard InChI is InChI=1S/C15H12N2O2/c18-15-10-5-1-3-7-12(10)17-9-19-13-8-4-2-6-11(13)14(17)16-15/h1-8,14H,9H2,(H,16,18). The number of fused-ring (bicyclic) bond motifs is 5. The van der Waals surface area contributed by atoms with Gasteiger partial charge in [0.1, 0.15) is 11.9 Å². The molecule has 0 spiro atoms. The van der Waals surface area contributed by atoms with Gasteiger partial charge in [-0.25, -0.2) is 0 Å². The van der Waals surface area contributed by atoms with Gasteiger partial charge in [-0.1, -0.05) is 30.3 Å². The van der Waals surface area contributed by atoms with E-state index in [1.807, 2.05) is 48.5 Å². The minimum atomic E-state index is -0.146. The largest absolute Gasteiger partial charge is 0.473 e. The molecule has 4 nitrogen and oxygen atoms in total. The lowest BCUT2D eigenvalue weighted by Gasteiger charge is -2.42. The Hall–Kier alpha value is -2.49. The van der Waals surface area contributed by atoms with Gasteiger partial charge in [-0.05, 0) is 18.2 Å². The zero-order valence-electron chi connectivity index (χ0n) is 10.2. The second-order valence-corrected chi connectivity index (χ2v) is 4.67. The topological polar surface area (TPSA) is 41.6 Å². The lowest BCUT2D eigenvalue weighted by atomic mass is 10.0. The molecule has 4 heteroatoms. The predicted molar refractivity (Wildman–Crippen MR) is 71.1 cm³/mol. The van der Waals surface area contributed by atoms with Crippen molar-refractivity contribution < 1.29 is 9.53 Å². The zero-order valence-corrected chi connectivity index (χ0v) is 10.2. The van der Waals surface area contributed by atoms with Crippen LogP contribution in [-0.2, 0) is 0 Å². The molecule has 19 heavy (non-hydrogen) atoms. The van der Waals surface area contributed by atoms with E-state index in [-0.39, 0.29) is 12.1 Å². The number of benzene rings is 2. The second-order valence-electron chi connectivity index (χ2n) is 4.67.